The monoisotopic (exact) mass is 392 g/mol. The summed E-state index contributed by atoms with van der Waals surface area (Å²) in [7, 11) is 1.88. The van der Waals surface area contributed by atoms with E-state index in [1.165, 1.54) is 11.6 Å². The van der Waals surface area contributed by atoms with Crippen molar-refractivity contribution in [1.29, 1.82) is 0 Å². The predicted molar refractivity (Wildman–Crippen MR) is 109 cm³/mol. The molecule has 8 heteroatoms. The van der Waals surface area contributed by atoms with E-state index < -0.39 is 5.82 Å². The van der Waals surface area contributed by atoms with Gasteiger partial charge in [-0.25, -0.2) is 14.4 Å². The zero-order valence-corrected chi connectivity index (χ0v) is 16.3. The van der Waals surface area contributed by atoms with E-state index in [0.29, 0.717) is 23.2 Å². The fourth-order valence-corrected chi connectivity index (χ4v) is 3.42. The van der Waals surface area contributed by atoms with Crippen LogP contribution in [-0.4, -0.2) is 39.3 Å². The molecule has 0 radical (unpaired) electrons. The molecule has 148 valence electrons. The molecule has 4 heterocycles. The Labute approximate surface area is 167 Å². The highest BCUT2D eigenvalue weighted by Crippen LogP contribution is 2.18. The van der Waals surface area contributed by atoms with Crippen LogP contribution in [0.25, 0.3) is 11.2 Å². The van der Waals surface area contributed by atoms with Crippen molar-refractivity contribution in [3.8, 4) is 0 Å². The second-order valence-electron chi connectivity index (χ2n) is 6.93. The Hall–Kier alpha value is -3.39. The molecule has 0 bridgehead atoms. The third-order valence-corrected chi connectivity index (χ3v) is 4.82. The van der Waals surface area contributed by atoms with Crippen molar-refractivity contribution in [2.24, 2.45) is 17.0 Å². The molecule has 3 aromatic rings. The number of aryl methyl sites for hydroxylation is 2. The molecule has 0 saturated carbocycles. The molecular weight excluding hydrogens is 371 g/mol. The Morgan fingerprint density at radius 1 is 1.31 bits per heavy atom. The van der Waals surface area contributed by atoms with Gasteiger partial charge < -0.3 is 14.3 Å². The third kappa shape index (κ3) is 3.93. The molecule has 0 unspecified atom stereocenters. The normalized spacial score (nSPS) is 15.6. The summed E-state index contributed by atoms with van der Waals surface area (Å²) in [5.41, 5.74) is 4.33. The average Bonchev–Trinajstić information content (AvgIpc) is 3.10. The number of aromatic nitrogens is 3. The number of pyridine rings is 2. The van der Waals surface area contributed by atoms with E-state index in [2.05, 4.69) is 26.4 Å². The van der Waals surface area contributed by atoms with Crippen molar-refractivity contribution in [2.45, 2.75) is 13.3 Å². The number of halogens is 1. The number of hydrogen-bond donors (Lipinski definition) is 1. The molecule has 3 aromatic heterocycles. The van der Waals surface area contributed by atoms with E-state index in [0.717, 1.165) is 25.1 Å². The number of hydrogen-bond acceptors (Lipinski definition) is 3. The largest absolute Gasteiger partial charge is 0.335 e. The second-order valence-corrected chi connectivity index (χ2v) is 6.93. The van der Waals surface area contributed by atoms with Gasteiger partial charge in [0.1, 0.15) is 5.49 Å². The van der Waals surface area contributed by atoms with Gasteiger partial charge in [-0.1, -0.05) is 6.08 Å². The standard InChI is InChI=1S/C21H21FN6O/c1-14-10-28-12-17(9-18(22)21(28)25-14)20(24-13-29)26-19-4-3-16(11-27(19)2)15-5-7-23-8-6-15/h3-5,9-13,23H,6-8H2,1-2H3. The Bertz CT molecular complexity index is 1220. The van der Waals surface area contributed by atoms with Crippen LogP contribution < -0.4 is 10.8 Å². The molecule has 1 amide bonds. The summed E-state index contributed by atoms with van der Waals surface area (Å²) in [6.45, 7) is 3.61. The minimum Gasteiger partial charge on any atom is -0.335 e. The Balaban J connectivity index is 1.77. The number of carbonyl (C=O) groups is 1. The first-order chi connectivity index (χ1) is 14.0. The molecule has 0 aliphatic carbocycles. The molecule has 7 nitrogen and oxygen atoms in total. The number of fused-ring (bicyclic) bond motifs is 1. The van der Waals surface area contributed by atoms with E-state index in [1.54, 1.807) is 23.7 Å². The lowest BCUT2D eigenvalue weighted by atomic mass is 10.0. The number of nitrogens with one attached hydrogen (secondary N) is 1. The predicted octanol–water partition coefficient (Wildman–Crippen LogP) is 2.00. The number of imidazole rings is 1. The summed E-state index contributed by atoms with van der Waals surface area (Å²) in [6.07, 6.45) is 8.93. The molecule has 1 aliphatic heterocycles. The summed E-state index contributed by atoms with van der Waals surface area (Å²) >= 11 is 0. The highest BCUT2D eigenvalue weighted by molar-refractivity contribution is 6.02. The van der Waals surface area contributed by atoms with Crippen molar-refractivity contribution in [2.75, 3.05) is 13.1 Å². The van der Waals surface area contributed by atoms with Gasteiger partial charge in [0.2, 0.25) is 6.41 Å². The van der Waals surface area contributed by atoms with Gasteiger partial charge in [-0.3, -0.25) is 4.79 Å². The van der Waals surface area contributed by atoms with Crippen molar-refractivity contribution in [3.63, 3.8) is 0 Å². The van der Waals surface area contributed by atoms with Gasteiger partial charge in [0.15, 0.2) is 17.3 Å². The van der Waals surface area contributed by atoms with Crippen LogP contribution in [0.15, 0.2) is 52.9 Å². The molecule has 1 N–H and O–H groups in total. The number of rotatable bonds is 3. The smallest absolute Gasteiger partial charge is 0.234 e. The van der Waals surface area contributed by atoms with Crippen molar-refractivity contribution >= 4 is 23.5 Å². The maximum Gasteiger partial charge on any atom is 0.234 e. The summed E-state index contributed by atoms with van der Waals surface area (Å²) in [6, 6.07) is 5.16. The quantitative estimate of drug-likeness (QED) is 0.421. The number of nitrogens with zero attached hydrogens (tertiary/aromatic N) is 5. The highest BCUT2D eigenvalue weighted by Gasteiger charge is 2.11. The van der Waals surface area contributed by atoms with Gasteiger partial charge in [0.05, 0.1) is 5.69 Å². The van der Waals surface area contributed by atoms with Crippen molar-refractivity contribution in [1.82, 2.24) is 19.3 Å². The zero-order valence-electron chi connectivity index (χ0n) is 16.3. The van der Waals surface area contributed by atoms with Crippen LogP contribution in [0.1, 0.15) is 23.2 Å². The SMILES string of the molecule is Cc1cn2cc(C(=NC=O)N=c3ccc(C4=CCNCC4)cn3C)cc(F)c2n1. The number of amidine groups is 1. The van der Waals surface area contributed by atoms with Crippen LogP contribution in [0.3, 0.4) is 0 Å². The topological polar surface area (TPSA) is 76.1 Å². The maximum absolute atomic E-state index is 14.5. The van der Waals surface area contributed by atoms with Crippen LogP contribution in [-0.2, 0) is 11.8 Å². The molecular formula is C21H21FN6O. The summed E-state index contributed by atoms with van der Waals surface area (Å²) < 4.78 is 17.9. The van der Waals surface area contributed by atoms with Gasteiger partial charge >= 0.3 is 0 Å². The van der Waals surface area contributed by atoms with Crippen molar-refractivity contribution in [3.05, 3.63) is 71.0 Å². The van der Waals surface area contributed by atoms with E-state index >= 15 is 0 Å². The number of aliphatic imine (C=N–C) groups is 1. The molecule has 0 saturated heterocycles. The van der Waals surface area contributed by atoms with Crippen LogP contribution in [0, 0.1) is 12.7 Å². The van der Waals surface area contributed by atoms with E-state index in [-0.39, 0.29) is 11.5 Å². The maximum atomic E-state index is 14.5. The van der Waals surface area contributed by atoms with Crippen LogP contribution >= 0.6 is 0 Å². The van der Waals surface area contributed by atoms with Crippen LogP contribution in [0.5, 0.6) is 0 Å². The first-order valence-corrected chi connectivity index (χ1v) is 9.33. The molecule has 1 aliphatic rings. The first kappa shape index (κ1) is 18.9. The van der Waals surface area contributed by atoms with Crippen molar-refractivity contribution < 1.29 is 9.18 Å². The Kier molecular flexibility index (Phi) is 5.18. The van der Waals surface area contributed by atoms with E-state index in [1.807, 2.05) is 29.9 Å². The molecule has 0 fully saturated rings. The molecule has 0 atom stereocenters. The lowest BCUT2D eigenvalue weighted by Crippen LogP contribution is -2.22. The first-order valence-electron chi connectivity index (χ1n) is 9.33. The van der Waals surface area contributed by atoms with Crippen LogP contribution in [0.4, 0.5) is 4.39 Å². The summed E-state index contributed by atoms with van der Waals surface area (Å²) in [4.78, 5) is 23.6. The molecule has 0 aromatic carbocycles. The average molecular weight is 392 g/mol. The van der Waals surface area contributed by atoms with Gasteiger partial charge in [-0.05, 0) is 49.2 Å². The zero-order chi connectivity index (χ0) is 20.4. The second kappa shape index (κ2) is 7.92. The lowest BCUT2D eigenvalue weighted by Gasteiger charge is -2.15. The highest BCUT2D eigenvalue weighted by atomic mass is 19.1. The van der Waals surface area contributed by atoms with E-state index in [9.17, 15) is 9.18 Å². The lowest BCUT2D eigenvalue weighted by molar-refractivity contribution is -0.106. The van der Waals surface area contributed by atoms with Crippen LogP contribution in [0.2, 0.25) is 0 Å². The third-order valence-electron chi connectivity index (χ3n) is 4.82. The minimum atomic E-state index is -0.498. The summed E-state index contributed by atoms with van der Waals surface area (Å²) in [5.74, 6) is -0.362. The Morgan fingerprint density at radius 3 is 2.90 bits per heavy atom. The van der Waals surface area contributed by atoms with Gasteiger partial charge in [-0.15, -0.1) is 0 Å². The fraction of sp³-hybridized carbons (Fsp3) is 0.238. The summed E-state index contributed by atoms with van der Waals surface area (Å²) in [5, 5.41) is 3.30. The van der Waals surface area contributed by atoms with Gasteiger partial charge in [0, 0.05) is 37.7 Å². The van der Waals surface area contributed by atoms with Gasteiger partial charge in [-0.2, -0.15) is 4.99 Å². The van der Waals surface area contributed by atoms with E-state index in [4.69, 9.17) is 0 Å². The fourth-order valence-electron chi connectivity index (χ4n) is 3.42. The number of carbonyl (C=O) groups excluding carboxylic acids is 1. The molecule has 0 spiro atoms. The molecule has 4 rings (SSSR count). The molecule has 29 heavy (non-hydrogen) atoms. The minimum absolute atomic E-state index is 0.136. The Morgan fingerprint density at radius 2 is 2.17 bits per heavy atom. The number of amides is 1. The van der Waals surface area contributed by atoms with Gasteiger partial charge in [0.25, 0.3) is 0 Å².